The summed E-state index contributed by atoms with van der Waals surface area (Å²) in [4.78, 5) is 29.2. The number of aromatic nitrogens is 2. The number of halogens is 1. The third-order valence-electron chi connectivity index (χ3n) is 3.26. The van der Waals surface area contributed by atoms with Gasteiger partial charge in [-0.05, 0) is 31.2 Å². The number of benzene rings is 1. The van der Waals surface area contributed by atoms with Crippen LogP contribution in [-0.2, 0) is 20.7 Å². The molecule has 2 aromatic heterocycles. The van der Waals surface area contributed by atoms with Crippen LogP contribution in [0.4, 0.5) is 5.69 Å². The van der Waals surface area contributed by atoms with Crippen molar-refractivity contribution in [3.05, 3.63) is 52.2 Å². The minimum Gasteiger partial charge on any atom is -0.452 e. The third kappa shape index (κ3) is 4.01. The third-order valence-corrected chi connectivity index (χ3v) is 4.56. The lowest BCUT2D eigenvalue weighted by Crippen LogP contribution is -2.30. The Kier molecular flexibility index (Phi) is 4.96. The average Bonchev–Trinajstić information content (AvgIpc) is 3.10. The molecule has 0 unspecified atom stereocenters. The van der Waals surface area contributed by atoms with Crippen LogP contribution in [0.1, 0.15) is 12.6 Å². The van der Waals surface area contributed by atoms with Gasteiger partial charge >= 0.3 is 5.97 Å². The van der Waals surface area contributed by atoms with Gasteiger partial charge in [0.1, 0.15) is 0 Å². The Bertz CT molecular complexity index is 844. The number of ether oxygens (including phenoxy) is 1. The number of nitrogens with zero attached hydrogens (tertiary/aromatic N) is 2. The molecule has 24 heavy (non-hydrogen) atoms. The zero-order chi connectivity index (χ0) is 17.1. The van der Waals surface area contributed by atoms with Crippen molar-refractivity contribution in [2.24, 2.45) is 0 Å². The Labute approximate surface area is 150 Å². The molecule has 3 aromatic rings. The summed E-state index contributed by atoms with van der Waals surface area (Å²) in [6.45, 7) is 1.54. The first-order chi connectivity index (χ1) is 11.5. The molecule has 124 valence electrons. The van der Waals surface area contributed by atoms with E-state index in [1.807, 2.05) is 28.1 Å². The quantitative estimate of drug-likeness (QED) is 0.658. The van der Waals surface area contributed by atoms with E-state index in [1.54, 1.807) is 18.3 Å². The summed E-state index contributed by atoms with van der Waals surface area (Å²) in [6, 6.07) is 7.15. The van der Waals surface area contributed by atoms with E-state index in [4.69, 9.17) is 4.74 Å². The Morgan fingerprint density at radius 3 is 2.83 bits per heavy atom. The number of fused-ring (bicyclic) bond motifs is 1. The van der Waals surface area contributed by atoms with Gasteiger partial charge in [-0.15, -0.1) is 11.3 Å². The molecule has 1 amide bonds. The van der Waals surface area contributed by atoms with Gasteiger partial charge in [-0.2, -0.15) is 0 Å². The van der Waals surface area contributed by atoms with E-state index < -0.39 is 12.1 Å². The van der Waals surface area contributed by atoms with Crippen molar-refractivity contribution < 1.29 is 14.3 Å². The summed E-state index contributed by atoms with van der Waals surface area (Å²) in [5.74, 6) is -0.865. The highest BCUT2D eigenvalue weighted by Crippen LogP contribution is 2.15. The van der Waals surface area contributed by atoms with Gasteiger partial charge in [0.25, 0.3) is 5.91 Å². The molecule has 1 atom stereocenters. The predicted molar refractivity (Wildman–Crippen MR) is 95.1 cm³/mol. The summed E-state index contributed by atoms with van der Waals surface area (Å²) in [5, 5.41) is 4.62. The predicted octanol–water partition coefficient (Wildman–Crippen LogP) is 3.27. The van der Waals surface area contributed by atoms with Crippen LogP contribution < -0.4 is 5.32 Å². The first kappa shape index (κ1) is 16.7. The van der Waals surface area contributed by atoms with Crippen molar-refractivity contribution in [3.63, 3.8) is 0 Å². The molecule has 0 saturated carbocycles. The number of nitrogens with one attached hydrogen (secondary N) is 1. The van der Waals surface area contributed by atoms with E-state index in [9.17, 15) is 9.59 Å². The molecule has 0 bridgehead atoms. The second kappa shape index (κ2) is 7.14. The Morgan fingerprint density at radius 2 is 2.12 bits per heavy atom. The number of amides is 1. The zero-order valence-electron chi connectivity index (χ0n) is 12.7. The number of esters is 1. The highest BCUT2D eigenvalue weighted by molar-refractivity contribution is 9.10. The van der Waals surface area contributed by atoms with Crippen LogP contribution in [0, 0.1) is 0 Å². The fourth-order valence-corrected chi connectivity index (χ4v) is 3.06. The summed E-state index contributed by atoms with van der Waals surface area (Å²) in [5.41, 5.74) is 1.26. The number of hydrogen-bond acceptors (Lipinski definition) is 5. The van der Waals surface area contributed by atoms with Gasteiger partial charge in [-0.25, -0.2) is 4.98 Å². The van der Waals surface area contributed by atoms with Crippen LogP contribution in [0.25, 0.3) is 4.96 Å². The molecule has 1 N–H and O–H groups in total. The number of hydrogen-bond donors (Lipinski definition) is 1. The monoisotopic (exact) mass is 407 g/mol. The molecular formula is C16H14BrN3O3S. The van der Waals surface area contributed by atoms with E-state index in [0.717, 1.165) is 9.43 Å². The molecule has 6 nitrogen and oxygen atoms in total. The van der Waals surface area contributed by atoms with Gasteiger partial charge in [-0.3, -0.25) is 14.0 Å². The van der Waals surface area contributed by atoms with Crippen LogP contribution in [0.2, 0.25) is 0 Å². The average molecular weight is 408 g/mol. The maximum Gasteiger partial charge on any atom is 0.312 e. The van der Waals surface area contributed by atoms with Gasteiger partial charge in [0.2, 0.25) is 0 Å². The second-order valence-electron chi connectivity index (χ2n) is 5.13. The maximum absolute atomic E-state index is 12.1. The lowest BCUT2D eigenvalue weighted by Gasteiger charge is -2.13. The number of rotatable bonds is 5. The molecule has 0 aliphatic rings. The molecule has 8 heteroatoms. The highest BCUT2D eigenvalue weighted by atomic mass is 79.9. The van der Waals surface area contributed by atoms with Crippen LogP contribution in [-0.4, -0.2) is 27.4 Å². The molecule has 3 rings (SSSR count). The number of imidazole rings is 1. The first-order valence-electron chi connectivity index (χ1n) is 7.18. The van der Waals surface area contributed by atoms with E-state index in [0.29, 0.717) is 11.4 Å². The molecule has 0 spiro atoms. The molecule has 0 radical (unpaired) electrons. The number of carbonyl (C=O) groups excluding carboxylic acids is 2. The largest absolute Gasteiger partial charge is 0.452 e. The first-order valence-corrected chi connectivity index (χ1v) is 8.85. The Hall–Kier alpha value is -2.19. The number of anilines is 1. The fourth-order valence-electron chi connectivity index (χ4n) is 2.08. The summed E-state index contributed by atoms with van der Waals surface area (Å²) in [7, 11) is 0. The molecule has 2 heterocycles. The van der Waals surface area contributed by atoms with E-state index in [1.165, 1.54) is 18.3 Å². The van der Waals surface area contributed by atoms with Crippen molar-refractivity contribution in [2.75, 3.05) is 5.32 Å². The van der Waals surface area contributed by atoms with Gasteiger partial charge in [0.15, 0.2) is 11.1 Å². The molecule has 0 aliphatic heterocycles. The fraction of sp³-hybridized carbons (Fsp3) is 0.188. The lowest BCUT2D eigenvalue weighted by atomic mass is 10.3. The van der Waals surface area contributed by atoms with Crippen LogP contribution in [0.3, 0.4) is 0 Å². The van der Waals surface area contributed by atoms with Gasteiger partial charge < -0.3 is 10.1 Å². The molecular weight excluding hydrogens is 394 g/mol. The standard InChI is InChI=1S/C16H14BrN3O3S/c1-10(15(22)18-12-4-2-11(17)3-5-12)23-14(21)8-13-9-20-6-7-24-16(20)19-13/h2-7,9-10H,8H2,1H3,(H,18,22)/t10-/m1/s1. The van der Waals surface area contributed by atoms with Gasteiger partial charge in [0.05, 0.1) is 12.1 Å². The highest BCUT2D eigenvalue weighted by Gasteiger charge is 2.19. The smallest absolute Gasteiger partial charge is 0.312 e. The Morgan fingerprint density at radius 1 is 1.38 bits per heavy atom. The SMILES string of the molecule is C[C@@H](OC(=O)Cc1cn2ccsc2n1)C(=O)Nc1ccc(Br)cc1. The number of carbonyl (C=O) groups is 2. The molecule has 1 aromatic carbocycles. The normalized spacial score (nSPS) is 12.1. The van der Waals surface area contributed by atoms with Crippen LogP contribution in [0.5, 0.6) is 0 Å². The minimum atomic E-state index is -0.884. The zero-order valence-corrected chi connectivity index (χ0v) is 15.1. The lowest BCUT2D eigenvalue weighted by molar-refractivity contribution is -0.152. The van der Waals surface area contributed by atoms with Crippen molar-refractivity contribution >= 4 is 49.8 Å². The van der Waals surface area contributed by atoms with Crippen molar-refractivity contribution in [3.8, 4) is 0 Å². The summed E-state index contributed by atoms with van der Waals surface area (Å²) >= 11 is 4.81. The molecule has 0 aliphatic carbocycles. The van der Waals surface area contributed by atoms with Crippen molar-refractivity contribution in [1.82, 2.24) is 9.38 Å². The van der Waals surface area contributed by atoms with E-state index in [2.05, 4.69) is 26.2 Å². The van der Waals surface area contributed by atoms with E-state index >= 15 is 0 Å². The van der Waals surface area contributed by atoms with Crippen LogP contribution >= 0.6 is 27.3 Å². The second-order valence-corrected chi connectivity index (χ2v) is 6.92. The number of thiazole rings is 1. The van der Waals surface area contributed by atoms with Gasteiger partial charge in [0, 0.05) is 27.9 Å². The van der Waals surface area contributed by atoms with E-state index in [-0.39, 0.29) is 12.3 Å². The van der Waals surface area contributed by atoms with Crippen molar-refractivity contribution in [2.45, 2.75) is 19.4 Å². The Balaban J connectivity index is 1.54. The topological polar surface area (TPSA) is 72.7 Å². The minimum absolute atomic E-state index is 0.0320. The molecule has 0 fully saturated rings. The maximum atomic E-state index is 12.1. The van der Waals surface area contributed by atoms with Crippen LogP contribution in [0.15, 0.2) is 46.5 Å². The summed E-state index contributed by atoms with van der Waals surface area (Å²) < 4.78 is 7.94. The molecule has 0 saturated heterocycles. The van der Waals surface area contributed by atoms with Gasteiger partial charge in [-0.1, -0.05) is 15.9 Å². The summed E-state index contributed by atoms with van der Waals surface area (Å²) in [6.07, 6.45) is 2.80. The van der Waals surface area contributed by atoms with Crippen molar-refractivity contribution in [1.29, 1.82) is 0 Å².